The van der Waals surface area contributed by atoms with Crippen LogP contribution in [0.15, 0.2) is 53.4 Å². The number of rotatable bonds is 2. The van der Waals surface area contributed by atoms with E-state index in [0.717, 1.165) is 31.2 Å². The normalized spacial score (nSPS) is 29.5. The topological polar surface area (TPSA) is 133 Å². The Morgan fingerprint density at radius 2 is 1.84 bits per heavy atom. The van der Waals surface area contributed by atoms with E-state index < -0.39 is 39.1 Å². The molecule has 2 amide bonds. The first-order chi connectivity index (χ1) is 24.3. The van der Waals surface area contributed by atoms with Crippen molar-refractivity contribution in [3.63, 3.8) is 0 Å². The fourth-order valence-corrected chi connectivity index (χ4v) is 9.09. The summed E-state index contributed by atoms with van der Waals surface area (Å²) in [6.07, 6.45) is 6.58. The number of fused-ring (bicyclic) bond motifs is 4. The number of carbonyl (C=O) groups excluding carboxylic acids is 2. The molecule has 2 aromatic carbocycles. The van der Waals surface area contributed by atoms with Gasteiger partial charge in [0.1, 0.15) is 23.2 Å². The molecule has 1 aliphatic carbocycles. The minimum Gasteiger partial charge on any atom is -0.493 e. The van der Waals surface area contributed by atoms with Gasteiger partial charge < -0.3 is 33.5 Å². The zero-order valence-corrected chi connectivity index (χ0v) is 30.8. The highest BCUT2D eigenvalue weighted by Gasteiger charge is 2.46. The number of anilines is 1. The highest BCUT2D eigenvalue weighted by atomic mass is 35.5. The van der Waals surface area contributed by atoms with Crippen LogP contribution in [0.25, 0.3) is 0 Å². The highest BCUT2D eigenvalue weighted by molar-refractivity contribution is 7.90. The molecular formula is C37H46ClN3O9S. The lowest BCUT2D eigenvalue weighted by Gasteiger charge is -2.46. The number of amides is 2. The van der Waals surface area contributed by atoms with Gasteiger partial charge in [-0.3, -0.25) is 4.79 Å². The second-order valence-electron chi connectivity index (χ2n) is 14.8. The Hall–Kier alpha value is -3.52. The summed E-state index contributed by atoms with van der Waals surface area (Å²) < 4.78 is 59.7. The number of sulfonamides is 1. The summed E-state index contributed by atoms with van der Waals surface area (Å²) in [6, 6.07) is 10.4. The largest absolute Gasteiger partial charge is 0.493 e. The molecule has 1 N–H and O–H groups in total. The zero-order valence-electron chi connectivity index (χ0n) is 29.3. The highest BCUT2D eigenvalue weighted by Crippen LogP contribution is 2.48. The molecule has 7 rings (SSSR count). The van der Waals surface area contributed by atoms with Gasteiger partial charge in [0.05, 0.1) is 35.8 Å². The molecule has 51 heavy (non-hydrogen) atoms. The van der Waals surface area contributed by atoms with E-state index in [4.69, 9.17) is 35.3 Å². The standard InChI is InChI=1S/C37H46ClN3O9S/c1-36(2)34(42)39-51(44,45)27-8-11-32-30(20-27)41(22-37(23-48-32)14-18-47-33-19-25(38)7-10-29(33)37)21-24-6-9-28(24)31(5-4-15-49-36)50-35(43)40(3)26-12-16-46-17-13-26/h4-5,7-8,10-11,19-20,24,26,28,31H,6,9,12-18,21-23H2,1-3H3,(H,39,42)/b5-4+/t24-,28+,31-,37-/m0/s1. The van der Waals surface area contributed by atoms with Crippen molar-refractivity contribution >= 4 is 39.3 Å². The Morgan fingerprint density at radius 3 is 2.61 bits per heavy atom. The number of nitrogens with zero attached hydrogens (tertiary/aromatic N) is 2. The van der Waals surface area contributed by atoms with Gasteiger partial charge in [0.2, 0.25) is 0 Å². The van der Waals surface area contributed by atoms with Crippen LogP contribution in [-0.2, 0) is 34.4 Å². The van der Waals surface area contributed by atoms with Gasteiger partial charge in [0.15, 0.2) is 0 Å². The van der Waals surface area contributed by atoms with E-state index in [1.165, 1.54) is 19.9 Å². The van der Waals surface area contributed by atoms with Crippen LogP contribution in [0.4, 0.5) is 10.5 Å². The van der Waals surface area contributed by atoms with Crippen molar-refractivity contribution in [1.82, 2.24) is 9.62 Å². The van der Waals surface area contributed by atoms with Crippen LogP contribution >= 0.6 is 11.6 Å². The summed E-state index contributed by atoms with van der Waals surface area (Å²) in [5.74, 6) is 0.552. The SMILES string of the molecule is CN(C(=O)O[C@H]1/C=C/COC(C)(C)C(=O)NS(=O)(=O)c2ccc3c(c2)N(C[C@@H]2CC[C@H]21)C[C@@]1(CCOc2cc(Cl)ccc21)CO3)C1CCOCC1. The Bertz CT molecular complexity index is 1800. The van der Waals surface area contributed by atoms with Crippen LogP contribution in [0.1, 0.15) is 51.5 Å². The van der Waals surface area contributed by atoms with E-state index in [1.807, 2.05) is 24.3 Å². The third-order valence-corrected chi connectivity index (χ3v) is 12.8. The lowest BCUT2D eigenvalue weighted by molar-refractivity contribution is -0.139. The van der Waals surface area contributed by atoms with E-state index >= 15 is 0 Å². The van der Waals surface area contributed by atoms with Crippen molar-refractivity contribution < 1.29 is 41.7 Å². The lowest BCUT2D eigenvalue weighted by Crippen LogP contribution is -2.51. The average molecular weight is 744 g/mol. The van der Waals surface area contributed by atoms with E-state index in [9.17, 15) is 18.0 Å². The zero-order chi connectivity index (χ0) is 36.0. The molecule has 1 spiro atoms. The Balaban J connectivity index is 1.26. The van der Waals surface area contributed by atoms with Gasteiger partial charge in [-0.05, 0) is 88.3 Å². The van der Waals surface area contributed by atoms with E-state index in [1.54, 1.807) is 30.2 Å². The lowest BCUT2D eigenvalue weighted by atomic mass is 9.69. The average Bonchev–Trinajstić information content (AvgIpc) is 3.24. The first-order valence-corrected chi connectivity index (χ1v) is 19.6. The summed E-state index contributed by atoms with van der Waals surface area (Å²) in [6.45, 7) is 6.15. The molecule has 4 heterocycles. The molecule has 2 fully saturated rings. The van der Waals surface area contributed by atoms with E-state index in [2.05, 4.69) is 9.62 Å². The summed E-state index contributed by atoms with van der Waals surface area (Å²) in [5.41, 5.74) is -0.364. The number of carbonyl (C=O) groups is 2. The monoisotopic (exact) mass is 743 g/mol. The number of benzene rings is 2. The second-order valence-corrected chi connectivity index (χ2v) is 16.9. The number of nitrogens with one attached hydrogen (secondary N) is 1. The Morgan fingerprint density at radius 1 is 1.04 bits per heavy atom. The van der Waals surface area contributed by atoms with Gasteiger partial charge >= 0.3 is 6.09 Å². The van der Waals surface area contributed by atoms with E-state index in [-0.39, 0.29) is 29.4 Å². The van der Waals surface area contributed by atoms with Crippen molar-refractivity contribution in [3.8, 4) is 11.5 Å². The maximum absolute atomic E-state index is 13.7. The fraction of sp³-hybridized carbons (Fsp3) is 0.568. The third kappa shape index (κ3) is 7.27. The molecule has 4 aliphatic heterocycles. The molecule has 276 valence electrons. The predicted molar refractivity (Wildman–Crippen MR) is 190 cm³/mol. The predicted octanol–water partition coefficient (Wildman–Crippen LogP) is 5.07. The molecule has 0 unspecified atom stereocenters. The molecule has 1 saturated carbocycles. The van der Waals surface area contributed by atoms with Gasteiger partial charge in [-0.15, -0.1) is 0 Å². The van der Waals surface area contributed by atoms with Gasteiger partial charge in [0.25, 0.3) is 15.9 Å². The molecule has 1 saturated heterocycles. The fourth-order valence-electron chi connectivity index (χ4n) is 7.81. The molecule has 2 bridgehead atoms. The quantitative estimate of drug-likeness (QED) is 0.416. The molecule has 2 aromatic rings. The molecule has 0 aromatic heterocycles. The first-order valence-electron chi connectivity index (χ1n) is 17.7. The first kappa shape index (κ1) is 35.9. The molecule has 0 radical (unpaired) electrons. The minimum atomic E-state index is -4.26. The van der Waals surface area contributed by atoms with Crippen LogP contribution in [0, 0.1) is 11.8 Å². The van der Waals surface area contributed by atoms with Crippen LogP contribution in [0.2, 0.25) is 5.02 Å². The number of ether oxygens (including phenoxy) is 5. The van der Waals surface area contributed by atoms with Crippen LogP contribution in [0.3, 0.4) is 0 Å². The number of hydrogen-bond donors (Lipinski definition) is 1. The molecule has 4 atom stereocenters. The maximum Gasteiger partial charge on any atom is 0.410 e. The summed E-state index contributed by atoms with van der Waals surface area (Å²) in [7, 11) is -2.49. The summed E-state index contributed by atoms with van der Waals surface area (Å²) in [4.78, 5) is 30.7. The Kier molecular flexibility index (Phi) is 9.94. The molecular weight excluding hydrogens is 698 g/mol. The van der Waals surface area contributed by atoms with Crippen molar-refractivity contribution in [3.05, 3.63) is 59.1 Å². The third-order valence-electron chi connectivity index (χ3n) is 11.2. The van der Waals surface area contributed by atoms with Crippen LogP contribution in [0.5, 0.6) is 11.5 Å². The molecule has 12 nitrogen and oxygen atoms in total. The van der Waals surface area contributed by atoms with Crippen molar-refractivity contribution in [2.75, 3.05) is 58.1 Å². The van der Waals surface area contributed by atoms with Crippen molar-refractivity contribution in [2.45, 2.75) is 74.0 Å². The van der Waals surface area contributed by atoms with Gasteiger partial charge in [-0.1, -0.05) is 23.7 Å². The number of hydrogen-bond acceptors (Lipinski definition) is 10. The van der Waals surface area contributed by atoms with Gasteiger partial charge in [-0.25, -0.2) is 17.9 Å². The van der Waals surface area contributed by atoms with Crippen LogP contribution in [-0.4, -0.2) is 96.2 Å². The smallest absolute Gasteiger partial charge is 0.410 e. The van der Waals surface area contributed by atoms with Gasteiger partial charge in [-0.2, -0.15) is 0 Å². The molecule has 5 aliphatic rings. The summed E-state index contributed by atoms with van der Waals surface area (Å²) in [5, 5.41) is 0.576. The molecule has 14 heteroatoms. The second kappa shape index (κ2) is 14.1. The minimum absolute atomic E-state index is 0.00577. The van der Waals surface area contributed by atoms with Crippen molar-refractivity contribution in [2.24, 2.45) is 11.8 Å². The van der Waals surface area contributed by atoms with E-state index in [0.29, 0.717) is 68.1 Å². The number of halogens is 1. The van der Waals surface area contributed by atoms with Crippen molar-refractivity contribution in [1.29, 1.82) is 0 Å². The van der Waals surface area contributed by atoms with Crippen LogP contribution < -0.4 is 19.1 Å². The summed E-state index contributed by atoms with van der Waals surface area (Å²) >= 11 is 6.37. The maximum atomic E-state index is 13.7. The van der Waals surface area contributed by atoms with Gasteiger partial charge in [0, 0.05) is 55.9 Å². The Labute approximate surface area is 304 Å².